The van der Waals surface area contributed by atoms with Crippen LogP contribution in [0.3, 0.4) is 0 Å². The highest BCUT2D eigenvalue weighted by molar-refractivity contribution is 6.07. The molecule has 6 nitrogen and oxygen atoms in total. The van der Waals surface area contributed by atoms with Crippen LogP contribution >= 0.6 is 0 Å². The van der Waals surface area contributed by atoms with E-state index in [0.29, 0.717) is 37.4 Å². The van der Waals surface area contributed by atoms with Crippen molar-refractivity contribution in [2.24, 2.45) is 0 Å². The van der Waals surface area contributed by atoms with Gasteiger partial charge in [0.25, 0.3) is 11.8 Å². The fourth-order valence-electron chi connectivity index (χ4n) is 3.66. The molecule has 28 heavy (non-hydrogen) atoms. The standard InChI is InChI=1S/C22H21N3O3/c1-15-13-19(23-20(26)14-15)22(28)25-11-9-24(10-12-25)21(27)18-8-4-6-16-5-2-3-7-17(16)18/h2-8,13-14H,9-12H2,1H3,(H,23,26). The molecule has 1 saturated heterocycles. The first-order chi connectivity index (χ1) is 13.5. The number of carbonyl (C=O) groups is 2. The topological polar surface area (TPSA) is 73.5 Å². The highest BCUT2D eigenvalue weighted by Crippen LogP contribution is 2.21. The molecule has 0 aliphatic carbocycles. The molecule has 1 aromatic heterocycles. The Morgan fingerprint density at radius 2 is 1.50 bits per heavy atom. The van der Waals surface area contributed by atoms with E-state index in [2.05, 4.69) is 4.98 Å². The van der Waals surface area contributed by atoms with Crippen molar-refractivity contribution in [1.82, 2.24) is 14.8 Å². The maximum Gasteiger partial charge on any atom is 0.270 e. The summed E-state index contributed by atoms with van der Waals surface area (Å²) in [5.41, 5.74) is 1.43. The lowest BCUT2D eigenvalue weighted by molar-refractivity contribution is 0.0533. The summed E-state index contributed by atoms with van der Waals surface area (Å²) in [6.07, 6.45) is 0. The lowest BCUT2D eigenvalue weighted by Crippen LogP contribution is -2.50. The van der Waals surface area contributed by atoms with Crippen LogP contribution in [0.5, 0.6) is 0 Å². The fraction of sp³-hybridized carbons (Fsp3) is 0.227. The van der Waals surface area contributed by atoms with E-state index in [-0.39, 0.29) is 17.4 Å². The molecule has 1 aliphatic rings. The van der Waals surface area contributed by atoms with Crippen LogP contribution in [0.2, 0.25) is 0 Å². The summed E-state index contributed by atoms with van der Waals surface area (Å²) in [6.45, 7) is 3.58. The molecule has 142 valence electrons. The van der Waals surface area contributed by atoms with Crippen molar-refractivity contribution >= 4 is 22.6 Å². The van der Waals surface area contributed by atoms with Crippen molar-refractivity contribution in [1.29, 1.82) is 0 Å². The average Bonchev–Trinajstić information content (AvgIpc) is 2.71. The van der Waals surface area contributed by atoms with E-state index in [4.69, 9.17) is 0 Å². The number of aromatic amines is 1. The van der Waals surface area contributed by atoms with Crippen LogP contribution in [0.4, 0.5) is 0 Å². The van der Waals surface area contributed by atoms with Crippen molar-refractivity contribution in [2.75, 3.05) is 26.2 Å². The molecular formula is C22H21N3O3. The maximum absolute atomic E-state index is 13.0. The number of hydrogen-bond donors (Lipinski definition) is 1. The number of hydrogen-bond acceptors (Lipinski definition) is 3. The molecule has 0 atom stereocenters. The number of pyridine rings is 1. The second-order valence-corrected chi connectivity index (χ2v) is 7.05. The van der Waals surface area contributed by atoms with Crippen LogP contribution in [0.15, 0.2) is 59.4 Å². The van der Waals surface area contributed by atoms with Crippen LogP contribution < -0.4 is 5.56 Å². The van der Waals surface area contributed by atoms with E-state index in [1.807, 2.05) is 42.5 Å². The molecule has 2 heterocycles. The Labute approximate surface area is 162 Å². The van der Waals surface area contributed by atoms with Crippen LogP contribution in [-0.2, 0) is 0 Å². The Morgan fingerprint density at radius 3 is 2.21 bits per heavy atom. The van der Waals surface area contributed by atoms with Crippen LogP contribution in [0.1, 0.15) is 26.4 Å². The van der Waals surface area contributed by atoms with Gasteiger partial charge in [0.2, 0.25) is 5.56 Å². The van der Waals surface area contributed by atoms with Gasteiger partial charge in [0.05, 0.1) is 0 Å². The second-order valence-electron chi connectivity index (χ2n) is 7.05. The molecule has 4 rings (SSSR count). The quantitative estimate of drug-likeness (QED) is 0.748. The predicted octanol–water partition coefficient (Wildman–Crippen LogP) is 2.43. The number of piperazine rings is 1. The molecule has 1 fully saturated rings. The highest BCUT2D eigenvalue weighted by Gasteiger charge is 2.26. The number of H-pyrrole nitrogens is 1. The zero-order valence-electron chi connectivity index (χ0n) is 15.6. The molecule has 2 amide bonds. The first kappa shape index (κ1) is 18.0. The van der Waals surface area contributed by atoms with Crippen LogP contribution in [0.25, 0.3) is 10.8 Å². The van der Waals surface area contributed by atoms with Gasteiger partial charge in [-0.2, -0.15) is 0 Å². The van der Waals surface area contributed by atoms with E-state index >= 15 is 0 Å². The van der Waals surface area contributed by atoms with Gasteiger partial charge in [-0.25, -0.2) is 0 Å². The number of rotatable bonds is 2. The van der Waals surface area contributed by atoms with Gasteiger partial charge in [-0.05, 0) is 35.4 Å². The molecule has 0 spiro atoms. The summed E-state index contributed by atoms with van der Waals surface area (Å²) < 4.78 is 0. The minimum Gasteiger partial charge on any atom is -0.335 e. The van der Waals surface area contributed by atoms with Gasteiger partial charge < -0.3 is 14.8 Å². The monoisotopic (exact) mass is 375 g/mol. The third kappa shape index (κ3) is 3.41. The maximum atomic E-state index is 13.0. The van der Waals surface area contributed by atoms with Gasteiger partial charge in [-0.3, -0.25) is 14.4 Å². The molecule has 3 aromatic rings. The molecule has 1 aliphatic heterocycles. The first-order valence-corrected chi connectivity index (χ1v) is 9.30. The van der Waals surface area contributed by atoms with Crippen molar-refractivity contribution in [3.63, 3.8) is 0 Å². The van der Waals surface area contributed by atoms with E-state index < -0.39 is 0 Å². The number of carbonyl (C=O) groups excluding carboxylic acids is 2. The zero-order chi connectivity index (χ0) is 19.7. The van der Waals surface area contributed by atoms with Gasteiger partial charge in [-0.15, -0.1) is 0 Å². The van der Waals surface area contributed by atoms with Crippen LogP contribution in [0, 0.1) is 6.92 Å². The minimum atomic E-state index is -0.284. The number of nitrogens with zero attached hydrogens (tertiary/aromatic N) is 2. The summed E-state index contributed by atoms with van der Waals surface area (Å²) in [5.74, 6) is -0.231. The summed E-state index contributed by atoms with van der Waals surface area (Å²) in [5, 5.41) is 1.97. The number of amides is 2. The smallest absolute Gasteiger partial charge is 0.270 e. The number of benzene rings is 2. The summed E-state index contributed by atoms with van der Waals surface area (Å²) in [7, 11) is 0. The second kappa shape index (κ2) is 7.31. The molecule has 0 unspecified atom stereocenters. The third-order valence-electron chi connectivity index (χ3n) is 5.09. The predicted molar refractivity (Wildman–Crippen MR) is 108 cm³/mol. The van der Waals surface area contributed by atoms with E-state index in [0.717, 1.165) is 16.3 Å². The Morgan fingerprint density at radius 1 is 0.857 bits per heavy atom. The van der Waals surface area contributed by atoms with Gasteiger partial charge in [-0.1, -0.05) is 36.4 Å². The molecule has 6 heteroatoms. The fourth-order valence-corrected chi connectivity index (χ4v) is 3.66. The SMILES string of the molecule is Cc1cc(C(=O)N2CCN(C(=O)c3cccc4ccccc34)CC2)[nH]c(=O)c1. The molecular weight excluding hydrogens is 354 g/mol. The van der Waals surface area contributed by atoms with Crippen molar-refractivity contribution in [3.05, 3.63) is 81.8 Å². The molecule has 0 bridgehead atoms. The summed E-state index contributed by atoms with van der Waals surface area (Å²) in [4.78, 5) is 43.4. The van der Waals surface area contributed by atoms with Crippen molar-refractivity contribution in [2.45, 2.75) is 6.92 Å². The molecule has 2 aromatic carbocycles. The van der Waals surface area contributed by atoms with Gasteiger partial charge in [0.1, 0.15) is 5.69 Å². The lowest BCUT2D eigenvalue weighted by atomic mass is 10.0. The Kier molecular flexibility index (Phi) is 4.69. The minimum absolute atomic E-state index is 0.0205. The van der Waals surface area contributed by atoms with E-state index in [1.54, 1.807) is 22.8 Å². The molecule has 0 radical (unpaired) electrons. The Bertz CT molecular complexity index is 1110. The summed E-state index contributed by atoms with van der Waals surface area (Å²) in [6, 6.07) is 16.7. The van der Waals surface area contributed by atoms with Crippen LogP contribution in [-0.4, -0.2) is 52.8 Å². The molecule has 0 saturated carbocycles. The normalized spacial score (nSPS) is 14.3. The average molecular weight is 375 g/mol. The van der Waals surface area contributed by atoms with E-state index in [9.17, 15) is 14.4 Å². The Balaban J connectivity index is 1.48. The third-order valence-corrected chi connectivity index (χ3v) is 5.09. The largest absolute Gasteiger partial charge is 0.335 e. The number of fused-ring (bicyclic) bond motifs is 1. The van der Waals surface area contributed by atoms with Gasteiger partial charge in [0.15, 0.2) is 0 Å². The number of aromatic nitrogens is 1. The zero-order valence-corrected chi connectivity index (χ0v) is 15.6. The number of aryl methyl sites for hydroxylation is 1. The van der Waals surface area contributed by atoms with Gasteiger partial charge in [0, 0.05) is 37.8 Å². The number of nitrogens with one attached hydrogen (secondary N) is 1. The highest BCUT2D eigenvalue weighted by atomic mass is 16.2. The summed E-state index contributed by atoms with van der Waals surface area (Å²) >= 11 is 0. The Hall–Kier alpha value is -3.41. The first-order valence-electron chi connectivity index (χ1n) is 9.30. The van der Waals surface area contributed by atoms with Crippen molar-refractivity contribution in [3.8, 4) is 0 Å². The lowest BCUT2D eigenvalue weighted by Gasteiger charge is -2.35. The van der Waals surface area contributed by atoms with E-state index in [1.165, 1.54) is 6.07 Å². The van der Waals surface area contributed by atoms with Crippen molar-refractivity contribution < 1.29 is 9.59 Å². The van der Waals surface area contributed by atoms with Gasteiger partial charge >= 0.3 is 0 Å². The molecule has 1 N–H and O–H groups in total.